The second-order valence-electron chi connectivity index (χ2n) is 5.51. The third-order valence-corrected chi connectivity index (χ3v) is 4.48. The van der Waals surface area contributed by atoms with Crippen LogP contribution in [0.25, 0.3) is 16.7 Å². The van der Waals surface area contributed by atoms with Gasteiger partial charge in [-0.2, -0.15) is 0 Å². The normalized spacial score (nSPS) is 11.9. The fourth-order valence-corrected chi connectivity index (χ4v) is 3.17. The average Bonchev–Trinajstić information content (AvgIpc) is 3.08. The van der Waals surface area contributed by atoms with Crippen LogP contribution in [0.15, 0.2) is 53.3 Å². The smallest absolute Gasteiger partial charge is 0.406 e. The van der Waals surface area contributed by atoms with Crippen molar-refractivity contribution in [3.05, 3.63) is 59.1 Å². The van der Waals surface area contributed by atoms with Crippen LogP contribution in [0, 0.1) is 5.82 Å². The van der Waals surface area contributed by atoms with E-state index in [1.54, 1.807) is 16.8 Å². The van der Waals surface area contributed by atoms with E-state index >= 15 is 0 Å². The molecule has 0 saturated heterocycles. The number of benzene rings is 2. The Balaban J connectivity index is 1.74. The third kappa shape index (κ3) is 3.39. The molecule has 138 valence electrons. The molecule has 2 aromatic heterocycles. The summed E-state index contributed by atoms with van der Waals surface area (Å²) in [6.45, 7) is 0. The van der Waals surface area contributed by atoms with Gasteiger partial charge in [-0.3, -0.25) is 4.40 Å². The molecule has 0 radical (unpaired) electrons. The number of hydrogen-bond acceptors (Lipinski definition) is 4. The Hall–Kier alpha value is -2.88. The minimum atomic E-state index is -4.75. The number of rotatable bonds is 3. The molecule has 0 spiro atoms. The van der Waals surface area contributed by atoms with Crippen molar-refractivity contribution in [3.63, 3.8) is 0 Å². The lowest BCUT2D eigenvalue weighted by atomic mass is 10.2. The minimum absolute atomic E-state index is 0.260. The Morgan fingerprint density at radius 1 is 1.07 bits per heavy atom. The summed E-state index contributed by atoms with van der Waals surface area (Å²) in [6, 6.07) is 8.03. The molecule has 27 heavy (non-hydrogen) atoms. The summed E-state index contributed by atoms with van der Waals surface area (Å²) in [5.41, 5.74) is 1.95. The van der Waals surface area contributed by atoms with E-state index in [1.807, 2.05) is 0 Å². The van der Waals surface area contributed by atoms with Gasteiger partial charge in [0.15, 0.2) is 11.5 Å². The summed E-state index contributed by atoms with van der Waals surface area (Å²) < 4.78 is 56.4. The second kappa shape index (κ2) is 6.38. The number of ether oxygens (including phenoxy) is 1. The molecule has 2 heterocycles. The summed E-state index contributed by atoms with van der Waals surface area (Å²) in [4.78, 5) is 8.68. The van der Waals surface area contributed by atoms with Crippen LogP contribution in [0.2, 0.25) is 0 Å². The van der Waals surface area contributed by atoms with Gasteiger partial charge >= 0.3 is 6.36 Å². The van der Waals surface area contributed by atoms with E-state index in [4.69, 9.17) is 0 Å². The Labute approximate surface area is 157 Å². The average molecular weight is 441 g/mol. The third-order valence-electron chi connectivity index (χ3n) is 3.72. The van der Waals surface area contributed by atoms with Gasteiger partial charge in [0, 0.05) is 18.1 Å². The highest BCUT2D eigenvalue weighted by Crippen LogP contribution is 2.31. The molecule has 0 amide bonds. The van der Waals surface area contributed by atoms with Gasteiger partial charge in [-0.25, -0.2) is 14.4 Å². The van der Waals surface area contributed by atoms with Crippen molar-refractivity contribution >= 4 is 44.1 Å². The first kappa shape index (κ1) is 17.5. The van der Waals surface area contributed by atoms with Gasteiger partial charge in [0.25, 0.3) is 0 Å². The lowest BCUT2D eigenvalue weighted by Gasteiger charge is -2.12. The number of nitrogens with one attached hydrogen (secondary N) is 1. The molecule has 0 atom stereocenters. The minimum Gasteiger partial charge on any atom is -0.406 e. The van der Waals surface area contributed by atoms with Crippen LogP contribution in [-0.4, -0.2) is 20.7 Å². The van der Waals surface area contributed by atoms with Crippen molar-refractivity contribution in [1.29, 1.82) is 0 Å². The van der Waals surface area contributed by atoms with Crippen molar-refractivity contribution in [1.82, 2.24) is 14.4 Å². The molecule has 10 heteroatoms. The molecule has 0 unspecified atom stereocenters. The van der Waals surface area contributed by atoms with Crippen LogP contribution < -0.4 is 10.1 Å². The number of hydrogen-bond donors (Lipinski definition) is 1. The van der Waals surface area contributed by atoms with Gasteiger partial charge in [0.1, 0.15) is 11.6 Å². The summed E-state index contributed by atoms with van der Waals surface area (Å²) >= 11 is 3.22. The molecule has 0 saturated carbocycles. The Bertz CT molecular complexity index is 1140. The Morgan fingerprint density at radius 3 is 2.52 bits per heavy atom. The lowest BCUT2D eigenvalue weighted by Crippen LogP contribution is -2.17. The van der Waals surface area contributed by atoms with Crippen molar-refractivity contribution < 1.29 is 22.3 Å². The van der Waals surface area contributed by atoms with Gasteiger partial charge in [-0.05, 0) is 52.3 Å². The van der Waals surface area contributed by atoms with Gasteiger partial charge < -0.3 is 10.1 Å². The standard InChI is InChI=1S/C17H9BrF4N4O/c18-13-11(19)5-6-12-14(13)26-8-7-23-16(26)15(25-12)24-9-1-3-10(4-2-9)27-17(20,21)22/h1-8H,(H,24,25). The zero-order valence-electron chi connectivity index (χ0n) is 13.3. The summed E-state index contributed by atoms with van der Waals surface area (Å²) in [5.74, 6) is -0.388. The molecule has 2 aromatic carbocycles. The maximum atomic E-state index is 13.9. The molecular weight excluding hydrogens is 432 g/mol. The van der Waals surface area contributed by atoms with Gasteiger partial charge in [-0.15, -0.1) is 13.2 Å². The lowest BCUT2D eigenvalue weighted by molar-refractivity contribution is -0.274. The van der Waals surface area contributed by atoms with Crippen molar-refractivity contribution in [3.8, 4) is 5.75 Å². The van der Waals surface area contributed by atoms with E-state index in [0.29, 0.717) is 28.2 Å². The van der Waals surface area contributed by atoms with E-state index < -0.39 is 12.2 Å². The maximum Gasteiger partial charge on any atom is 0.573 e. The Morgan fingerprint density at radius 2 is 1.81 bits per heavy atom. The highest BCUT2D eigenvalue weighted by atomic mass is 79.9. The van der Waals surface area contributed by atoms with Crippen molar-refractivity contribution in [2.45, 2.75) is 6.36 Å². The van der Waals surface area contributed by atoms with Crippen LogP contribution in [0.5, 0.6) is 5.75 Å². The van der Waals surface area contributed by atoms with Crippen LogP contribution in [0.1, 0.15) is 0 Å². The molecule has 4 rings (SSSR count). The largest absolute Gasteiger partial charge is 0.573 e. The van der Waals surface area contributed by atoms with E-state index in [1.165, 1.54) is 36.4 Å². The van der Waals surface area contributed by atoms with Gasteiger partial charge in [0.05, 0.1) is 15.5 Å². The van der Waals surface area contributed by atoms with E-state index in [-0.39, 0.29) is 10.2 Å². The fourth-order valence-electron chi connectivity index (χ4n) is 2.64. The van der Waals surface area contributed by atoms with Gasteiger partial charge in [-0.1, -0.05) is 0 Å². The number of halogens is 5. The fraction of sp³-hybridized carbons (Fsp3) is 0.0588. The number of alkyl halides is 3. The molecule has 5 nitrogen and oxygen atoms in total. The number of aromatic nitrogens is 3. The zero-order chi connectivity index (χ0) is 19.2. The monoisotopic (exact) mass is 440 g/mol. The molecule has 0 aliphatic carbocycles. The maximum absolute atomic E-state index is 13.9. The first-order chi connectivity index (χ1) is 12.8. The second-order valence-corrected chi connectivity index (χ2v) is 6.30. The first-order valence-electron chi connectivity index (χ1n) is 7.55. The molecule has 1 N–H and O–H groups in total. The SMILES string of the molecule is Fc1ccc2nc(Nc3ccc(OC(F)(F)F)cc3)c3nccn3c2c1Br. The quantitative estimate of drug-likeness (QED) is 0.431. The van der Waals surface area contributed by atoms with Crippen LogP contribution >= 0.6 is 15.9 Å². The summed E-state index contributed by atoms with van der Waals surface area (Å²) in [7, 11) is 0. The number of fused-ring (bicyclic) bond motifs is 3. The number of nitrogens with zero attached hydrogens (tertiary/aromatic N) is 3. The molecule has 0 fully saturated rings. The Kier molecular flexibility index (Phi) is 4.14. The van der Waals surface area contributed by atoms with E-state index in [9.17, 15) is 17.6 Å². The molecule has 4 aromatic rings. The zero-order valence-corrected chi connectivity index (χ0v) is 14.8. The van der Waals surface area contributed by atoms with Crippen LogP contribution in [0.4, 0.5) is 29.1 Å². The van der Waals surface area contributed by atoms with E-state index in [0.717, 1.165) is 0 Å². The molecule has 0 aliphatic rings. The highest BCUT2D eigenvalue weighted by Gasteiger charge is 2.31. The van der Waals surface area contributed by atoms with Crippen molar-refractivity contribution in [2.75, 3.05) is 5.32 Å². The predicted molar refractivity (Wildman–Crippen MR) is 94.6 cm³/mol. The van der Waals surface area contributed by atoms with Crippen LogP contribution in [-0.2, 0) is 0 Å². The topological polar surface area (TPSA) is 51.5 Å². The molecule has 0 bridgehead atoms. The summed E-state index contributed by atoms with van der Waals surface area (Å²) in [5, 5.41) is 3.01. The summed E-state index contributed by atoms with van der Waals surface area (Å²) in [6.07, 6.45) is -1.55. The van der Waals surface area contributed by atoms with Gasteiger partial charge in [0.2, 0.25) is 0 Å². The highest BCUT2D eigenvalue weighted by molar-refractivity contribution is 9.10. The van der Waals surface area contributed by atoms with Crippen LogP contribution in [0.3, 0.4) is 0 Å². The number of imidazole rings is 1. The number of anilines is 2. The molecule has 0 aliphatic heterocycles. The molecular formula is C17H9BrF4N4O. The van der Waals surface area contributed by atoms with E-state index in [2.05, 4.69) is 36.0 Å². The predicted octanol–water partition coefficient (Wildman–Crippen LogP) is 5.43. The van der Waals surface area contributed by atoms with Crippen molar-refractivity contribution in [2.24, 2.45) is 0 Å². The first-order valence-corrected chi connectivity index (χ1v) is 8.35.